The fourth-order valence-electron chi connectivity index (χ4n) is 1.77. The van der Waals surface area contributed by atoms with Gasteiger partial charge in [-0.1, -0.05) is 12.1 Å². The largest absolute Gasteiger partial charge is 0.507 e. The number of methoxy groups -OCH3 is 1. The Morgan fingerprint density at radius 2 is 1.80 bits per heavy atom. The van der Waals surface area contributed by atoms with Crippen LogP contribution >= 0.6 is 0 Å². The second kappa shape index (κ2) is 5.44. The van der Waals surface area contributed by atoms with Gasteiger partial charge in [-0.3, -0.25) is 4.79 Å². The average molecular weight is 272 g/mol. The Bertz CT molecular complexity index is 676. The van der Waals surface area contributed by atoms with Gasteiger partial charge < -0.3 is 14.9 Å². The summed E-state index contributed by atoms with van der Waals surface area (Å²) in [5.74, 6) is -1.39. The predicted octanol–water partition coefficient (Wildman–Crippen LogP) is 2.33. The average Bonchev–Trinajstić information content (AvgIpc) is 2.46. The Hall–Kier alpha value is -2.82. The molecule has 0 fully saturated rings. The molecular weight excluding hydrogens is 260 g/mol. The molecule has 0 radical (unpaired) electrons. The van der Waals surface area contributed by atoms with Crippen molar-refractivity contribution in [2.75, 3.05) is 7.11 Å². The SMILES string of the molecule is COc1cccc(C(=O)c2cc(C(=O)O)ccc2O)c1. The third-order valence-electron chi connectivity index (χ3n) is 2.82. The predicted molar refractivity (Wildman–Crippen MR) is 71.5 cm³/mol. The molecular formula is C15H12O5. The molecule has 2 aromatic rings. The number of hydrogen-bond acceptors (Lipinski definition) is 4. The van der Waals surface area contributed by atoms with Crippen LogP contribution in [-0.2, 0) is 0 Å². The van der Waals surface area contributed by atoms with Crippen molar-refractivity contribution < 1.29 is 24.5 Å². The van der Waals surface area contributed by atoms with E-state index >= 15 is 0 Å². The lowest BCUT2D eigenvalue weighted by Crippen LogP contribution is -2.05. The first kappa shape index (κ1) is 13.6. The molecule has 0 atom stereocenters. The number of hydrogen-bond donors (Lipinski definition) is 2. The highest BCUT2D eigenvalue weighted by Crippen LogP contribution is 2.23. The van der Waals surface area contributed by atoms with Gasteiger partial charge in [0.05, 0.1) is 18.2 Å². The Kier molecular flexibility index (Phi) is 3.70. The zero-order valence-corrected chi connectivity index (χ0v) is 10.7. The number of phenolic OH excluding ortho intramolecular Hbond substituents is 1. The maximum Gasteiger partial charge on any atom is 0.335 e. The summed E-state index contributed by atoms with van der Waals surface area (Å²) in [4.78, 5) is 23.2. The second-order valence-corrected chi connectivity index (χ2v) is 4.10. The van der Waals surface area contributed by atoms with Crippen LogP contribution in [0.3, 0.4) is 0 Å². The molecule has 0 unspecified atom stereocenters. The number of aromatic hydroxyl groups is 1. The van der Waals surface area contributed by atoms with E-state index in [1.807, 2.05) is 0 Å². The van der Waals surface area contributed by atoms with Crippen molar-refractivity contribution in [1.82, 2.24) is 0 Å². The number of benzene rings is 2. The molecule has 0 saturated carbocycles. The minimum atomic E-state index is -1.16. The first-order valence-electron chi connectivity index (χ1n) is 5.78. The Morgan fingerprint density at radius 3 is 2.45 bits per heavy atom. The molecule has 0 aliphatic rings. The van der Waals surface area contributed by atoms with E-state index in [0.717, 1.165) is 6.07 Å². The molecule has 0 amide bonds. The van der Waals surface area contributed by atoms with E-state index < -0.39 is 11.8 Å². The molecule has 5 nitrogen and oxygen atoms in total. The van der Waals surface area contributed by atoms with Crippen LogP contribution in [0.25, 0.3) is 0 Å². The summed E-state index contributed by atoms with van der Waals surface area (Å²) in [5.41, 5.74) is 0.189. The van der Waals surface area contributed by atoms with Gasteiger partial charge in [0.1, 0.15) is 11.5 Å². The highest BCUT2D eigenvalue weighted by Gasteiger charge is 2.16. The molecule has 5 heteroatoms. The van der Waals surface area contributed by atoms with Crippen LogP contribution in [0.15, 0.2) is 42.5 Å². The summed E-state index contributed by atoms with van der Waals surface area (Å²) in [6.45, 7) is 0. The van der Waals surface area contributed by atoms with E-state index in [1.165, 1.54) is 25.3 Å². The molecule has 2 N–H and O–H groups in total. The minimum Gasteiger partial charge on any atom is -0.507 e. The monoisotopic (exact) mass is 272 g/mol. The molecule has 0 aliphatic carbocycles. The van der Waals surface area contributed by atoms with Crippen LogP contribution in [0.5, 0.6) is 11.5 Å². The first-order chi connectivity index (χ1) is 9.52. The van der Waals surface area contributed by atoms with Gasteiger partial charge in [-0.2, -0.15) is 0 Å². The quantitative estimate of drug-likeness (QED) is 0.834. The van der Waals surface area contributed by atoms with E-state index in [0.29, 0.717) is 11.3 Å². The highest BCUT2D eigenvalue weighted by atomic mass is 16.5. The van der Waals surface area contributed by atoms with Crippen molar-refractivity contribution >= 4 is 11.8 Å². The van der Waals surface area contributed by atoms with Crippen molar-refractivity contribution in [1.29, 1.82) is 0 Å². The van der Waals surface area contributed by atoms with Gasteiger partial charge in [0.15, 0.2) is 5.78 Å². The van der Waals surface area contributed by atoms with Crippen LogP contribution in [0.1, 0.15) is 26.3 Å². The molecule has 102 valence electrons. The van der Waals surface area contributed by atoms with E-state index in [9.17, 15) is 14.7 Å². The van der Waals surface area contributed by atoms with Gasteiger partial charge >= 0.3 is 5.97 Å². The summed E-state index contributed by atoms with van der Waals surface area (Å²) in [5, 5.41) is 18.7. The van der Waals surface area contributed by atoms with E-state index in [2.05, 4.69) is 0 Å². The Labute approximate surface area is 115 Å². The summed E-state index contributed by atoms with van der Waals surface area (Å²) in [6, 6.07) is 10.00. The van der Waals surface area contributed by atoms with Crippen molar-refractivity contribution in [3.8, 4) is 11.5 Å². The number of ether oxygens (including phenoxy) is 1. The number of phenols is 1. The van der Waals surface area contributed by atoms with Crippen LogP contribution < -0.4 is 4.74 Å². The number of carbonyl (C=O) groups excluding carboxylic acids is 1. The van der Waals surface area contributed by atoms with Gasteiger partial charge in [0.2, 0.25) is 0 Å². The lowest BCUT2D eigenvalue weighted by atomic mass is 10.00. The normalized spacial score (nSPS) is 10.1. The fourth-order valence-corrected chi connectivity index (χ4v) is 1.77. The van der Waals surface area contributed by atoms with Crippen molar-refractivity contribution in [3.63, 3.8) is 0 Å². The van der Waals surface area contributed by atoms with E-state index in [4.69, 9.17) is 9.84 Å². The summed E-state index contributed by atoms with van der Waals surface area (Å²) in [7, 11) is 1.48. The Morgan fingerprint density at radius 1 is 1.05 bits per heavy atom. The van der Waals surface area contributed by atoms with Gasteiger partial charge in [-0.25, -0.2) is 4.79 Å². The lowest BCUT2D eigenvalue weighted by Gasteiger charge is -2.06. The van der Waals surface area contributed by atoms with Gasteiger partial charge in [-0.05, 0) is 30.3 Å². The van der Waals surface area contributed by atoms with Crippen molar-refractivity contribution in [3.05, 3.63) is 59.2 Å². The zero-order chi connectivity index (χ0) is 14.7. The summed E-state index contributed by atoms with van der Waals surface area (Å²) < 4.78 is 5.02. The van der Waals surface area contributed by atoms with Crippen LogP contribution in [0, 0.1) is 0 Å². The fraction of sp³-hybridized carbons (Fsp3) is 0.0667. The number of carbonyl (C=O) groups is 2. The standard InChI is InChI=1S/C15H12O5/c1-20-11-4-2-3-9(7-11)14(17)12-8-10(15(18)19)5-6-13(12)16/h2-8,16H,1H3,(H,18,19). The second-order valence-electron chi connectivity index (χ2n) is 4.10. The van der Waals surface area contributed by atoms with Gasteiger partial charge in [0.25, 0.3) is 0 Å². The molecule has 2 rings (SSSR count). The minimum absolute atomic E-state index is 0.0573. The van der Waals surface area contributed by atoms with Crippen LogP contribution in [0.2, 0.25) is 0 Å². The van der Waals surface area contributed by atoms with E-state index in [-0.39, 0.29) is 16.9 Å². The molecule has 2 aromatic carbocycles. The number of carboxylic acid groups (broad SMARTS) is 1. The summed E-state index contributed by atoms with van der Waals surface area (Å²) in [6.07, 6.45) is 0. The van der Waals surface area contributed by atoms with E-state index in [1.54, 1.807) is 18.2 Å². The maximum atomic E-state index is 12.3. The highest BCUT2D eigenvalue weighted by molar-refractivity contribution is 6.11. The smallest absolute Gasteiger partial charge is 0.335 e. The number of ketones is 1. The topological polar surface area (TPSA) is 83.8 Å². The third-order valence-corrected chi connectivity index (χ3v) is 2.82. The Balaban J connectivity index is 2.47. The maximum absolute atomic E-state index is 12.3. The number of carboxylic acids is 1. The molecule has 0 spiro atoms. The number of rotatable bonds is 4. The molecule has 20 heavy (non-hydrogen) atoms. The molecule has 0 aliphatic heterocycles. The van der Waals surface area contributed by atoms with Crippen molar-refractivity contribution in [2.45, 2.75) is 0 Å². The summed E-state index contributed by atoms with van der Waals surface area (Å²) >= 11 is 0. The molecule has 0 aromatic heterocycles. The van der Waals surface area contributed by atoms with Gasteiger partial charge in [-0.15, -0.1) is 0 Å². The van der Waals surface area contributed by atoms with Gasteiger partial charge in [0, 0.05) is 5.56 Å². The van der Waals surface area contributed by atoms with Crippen LogP contribution in [-0.4, -0.2) is 29.1 Å². The molecule has 0 saturated heterocycles. The zero-order valence-electron chi connectivity index (χ0n) is 10.7. The molecule has 0 heterocycles. The number of aromatic carboxylic acids is 1. The van der Waals surface area contributed by atoms with Crippen LogP contribution in [0.4, 0.5) is 0 Å². The lowest BCUT2D eigenvalue weighted by molar-refractivity contribution is 0.0697. The third kappa shape index (κ3) is 2.61. The molecule has 0 bridgehead atoms. The first-order valence-corrected chi connectivity index (χ1v) is 5.78. The van der Waals surface area contributed by atoms with Crippen molar-refractivity contribution in [2.24, 2.45) is 0 Å².